The molecule has 3 N–H and O–H groups in total. The highest BCUT2D eigenvalue weighted by Crippen LogP contribution is 2.29. The van der Waals surface area contributed by atoms with Crippen LogP contribution in [0.4, 0.5) is 17.6 Å². The van der Waals surface area contributed by atoms with Gasteiger partial charge >= 0.3 is 6.18 Å². The molecular formula is C14H13F4N3. The van der Waals surface area contributed by atoms with Crippen molar-refractivity contribution >= 4 is 0 Å². The Bertz CT molecular complexity index is 596. The van der Waals surface area contributed by atoms with Crippen LogP contribution in [-0.4, -0.2) is 4.98 Å². The van der Waals surface area contributed by atoms with Crippen LogP contribution in [0.5, 0.6) is 0 Å². The lowest BCUT2D eigenvalue weighted by molar-refractivity contribution is -0.137. The molecule has 112 valence electrons. The molecule has 1 aromatic carbocycles. The molecule has 1 aromatic heterocycles. The van der Waals surface area contributed by atoms with Crippen LogP contribution < -0.4 is 11.3 Å². The number of nitrogens with two attached hydrogens (primary N) is 1. The van der Waals surface area contributed by atoms with Crippen molar-refractivity contribution in [2.45, 2.75) is 18.6 Å². The molecule has 0 aliphatic rings. The average Bonchev–Trinajstić information content (AvgIpc) is 2.45. The van der Waals surface area contributed by atoms with Gasteiger partial charge in [-0.05, 0) is 36.2 Å². The minimum Gasteiger partial charge on any atom is -0.271 e. The van der Waals surface area contributed by atoms with E-state index in [1.54, 1.807) is 0 Å². The Morgan fingerprint density at radius 2 is 1.81 bits per heavy atom. The second-order valence-corrected chi connectivity index (χ2v) is 4.49. The van der Waals surface area contributed by atoms with E-state index in [0.717, 1.165) is 12.1 Å². The fourth-order valence-corrected chi connectivity index (χ4v) is 1.95. The van der Waals surface area contributed by atoms with Gasteiger partial charge in [0, 0.05) is 6.20 Å². The molecule has 0 aliphatic carbocycles. The topological polar surface area (TPSA) is 50.9 Å². The second kappa shape index (κ2) is 6.19. The van der Waals surface area contributed by atoms with Crippen LogP contribution in [0, 0.1) is 5.82 Å². The quantitative estimate of drug-likeness (QED) is 0.518. The Hall–Kier alpha value is -1.99. The predicted octanol–water partition coefficient (Wildman–Crippen LogP) is 2.99. The Morgan fingerprint density at radius 1 is 1.14 bits per heavy atom. The fourth-order valence-electron chi connectivity index (χ4n) is 1.95. The molecule has 0 aliphatic heterocycles. The van der Waals surface area contributed by atoms with E-state index in [0.29, 0.717) is 5.56 Å². The molecule has 3 nitrogen and oxygen atoms in total. The molecule has 0 radical (unpaired) electrons. The third-order valence-electron chi connectivity index (χ3n) is 3.04. The lowest BCUT2D eigenvalue weighted by Crippen LogP contribution is -2.31. The first-order valence-electron chi connectivity index (χ1n) is 6.14. The van der Waals surface area contributed by atoms with Gasteiger partial charge in [-0.3, -0.25) is 16.3 Å². The molecule has 0 saturated heterocycles. The first-order chi connectivity index (χ1) is 9.91. The van der Waals surface area contributed by atoms with Gasteiger partial charge in [0.15, 0.2) is 0 Å². The van der Waals surface area contributed by atoms with E-state index in [-0.39, 0.29) is 12.1 Å². The van der Waals surface area contributed by atoms with Crippen molar-refractivity contribution in [3.8, 4) is 0 Å². The van der Waals surface area contributed by atoms with Gasteiger partial charge in [-0.15, -0.1) is 0 Å². The van der Waals surface area contributed by atoms with Gasteiger partial charge in [0.2, 0.25) is 0 Å². The van der Waals surface area contributed by atoms with E-state index in [1.807, 2.05) is 0 Å². The number of alkyl halides is 3. The molecule has 0 bridgehead atoms. The minimum absolute atomic E-state index is 0.125. The lowest BCUT2D eigenvalue weighted by atomic mass is 10.0. The standard InChI is InChI=1S/C14H13F4N3/c15-11-2-1-7-20-13(11)12(21-19)8-9-3-5-10(6-4-9)14(16,17)18/h1-7,12,21H,8,19H2. The number of hydrogen-bond donors (Lipinski definition) is 2. The normalized spacial score (nSPS) is 13.2. The zero-order valence-electron chi connectivity index (χ0n) is 10.9. The van der Waals surface area contributed by atoms with E-state index >= 15 is 0 Å². The molecular weight excluding hydrogens is 286 g/mol. The number of nitrogens with one attached hydrogen (secondary N) is 1. The van der Waals surface area contributed by atoms with Crippen molar-refractivity contribution < 1.29 is 17.6 Å². The van der Waals surface area contributed by atoms with Gasteiger partial charge < -0.3 is 0 Å². The van der Waals surface area contributed by atoms with Crippen LogP contribution in [-0.2, 0) is 12.6 Å². The zero-order chi connectivity index (χ0) is 15.5. The van der Waals surface area contributed by atoms with Gasteiger partial charge in [-0.25, -0.2) is 4.39 Å². The van der Waals surface area contributed by atoms with Crippen molar-refractivity contribution in [1.82, 2.24) is 10.4 Å². The Morgan fingerprint density at radius 3 is 2.33 bits per heavy atom. The SMILES string of the molecule is NNC(Cc1ccc(C(F)(F)F)cc1)c1ncccc1F. The monoisotopic (exact) mass is 299 g/mol. The summed E-state index contributed by atoms with van der Waals surface area (Å²) in [5.41, 5.74) is 2.42. The smallest absolute Gasteiger partial charge is 0.271 e. The highest BCUT2D eigenvalue weighted by molar-refractivity contribution is 5.26. The summed E-state index contributed by atoms with van der Waals surface area (Å²) in [6.07, 6.45) is -2.73. The summed E-state index contributed by atoms with van der Waals surface area (Å²) < 4.78 is 51.1. The largest absolute Gasteiger partial charge is 0.416 e. The van der Waals surface area contributed by atoms with Crippen molar-refractivity contribution in [2.24, 2.45) is 5.84 Å². The maximum Gasteiger partial charge on any atom is 0.416 e. The summed E-state index contributed by atoms with van der Waals surface area (Å²) >= 11 is 0. The van der Waals surface area contributed by atoms with Crippen LogP contribution in [0.25, 0.3) is 0 Å². The molecule has 21 heavy (non-hydrogen) atoms. The van der Waals surface area contributed by atoms with E-state index in [2.05, 4.69) is 10.4 Å². The lowest BCUT2D eigenvalue weighted by Gasteiger charge is -2.16. The van der Waals surface area contributed by atoms with Gasteiger partial charge in [-0.2, -0.15) is 13.2 Å². The van der Waals surface area contributed by atoms with Crippen molar-refractivity contribution in [3.63, 3.8) is 0 Å². The number of rotatable bonds is 4. The van der Waals surface area contributed by atoms with Crippen molar-refractivity contribution in [1.29, 1.82) is 0 Å². The van der Waals surface area contributed by atoms with Gasteiger partial charge in [0.05, 0.1) is 17.3 Å². The minimum atomic E-state index is -4.38. The number of hydrogen-bond acceptors (Lipinski definition) is 3. The number of benzene rings is 1. The number of halogens is 4. The molecule has 1 unspecified atom stereocenters. The van der Waals surface area contributed by atoms with Crippen LogP contribution in [0.2, 0.25) is 0 Å². The van der Waals surface area contributed by atoms with Gasteiger partial charge in [0.25, 0.3) is 0 Å². The highest BCUT2D eigenvalue weighted by Gasteiger charge is 2.30. The maximum absolute atomic E-state index is 13.6. The van der Waals surface area contributed by atoms with Gasteiger partial charge in [0.1, 0.15) is 5.82 Å². The Labute approximate surface area is 118 Å². The highest BCUT2D eigenvalue weighted by atomic mass is 19.4. The molecule has 2 rings (SSSR count). The molecule has 0 amide bonds. The molecule has 0 spiro atoms. The average molecular weight is 299 g/mol. The Balaban J connectivity index is 2.18. The van der Waals surface area contributed by atoms with E-state index < -0.39 is 23.6 Å². The third-order valence-corrected chi connectivity index (χ3v) is 3.04. The molecule has 2 aromatic rings. The first kappa shape index (κ1) is 15.4. The third kappa shape index (κ3) is 3.77. The summed E-state index contributed by atoms with van der Waals surface area (Å²) in [7, 11) is 0. The number of aromatic nitrogens is 1. The molecule has 0 saturated carbocycles. The van der Waals surface area contributed by atoms with Crippen molar-refractivity contribution in [2.75, 3.05) is 0 Å². The summed E-state index contributed by atoms with van der Waals surface area (Å²) in [6.45, 7) is 0. The Kier molecular flexibility index (Phi) is 4.54. The summed E-state index contributed by atoms with van der Waals surface area (Å²) in [4.78, 5) is 3.90. The fraction of sp³-hybridized carbons (Fsp3) is 0.214. The molecule has 1 atom stereocenters. The van der Waals surface area contributed by atoms with Crippen molar-refractivity contribution in [3.05, 3.63) is 65.2 Å². The second-order valence-electron chi connectivity index (χ2n) is 4.49. The van der Waals surface area contributed by atoms with Crippen LogP contribution in [0.1, 0.15) is 22.9 Å². The molecule has 1 heterocycles. The van der Waals surface area contributed by atoms with E-state index in [1.165, 1.54) is 30.5 Å². The molecule has 0 fully saturated rings. The van der Waals surface area contributed by atoms with Crippen LogP contribution >= 0.6 is 0 Å². The van der Waals surface area contributed by atoms with Gasteiger partial charge in [-0.1, -0.05) is 12.1 Å². The summed E-state index contributed by atoms with van der Waals surface area (Å²) in [5.74, 6) is 4.86. The predicted molar refractivity (Wildman–Crippen MR) is 69.4 cm³/mol. The molecule has 7 heteroatoms. The zero-order valence-corrected chi connectivity index (χ0v) is 10.9. The number of hydrazine groups is 1. The number of pyridine rings is 1. The summed E-state index contributed by atoms with van der Waals surface area (Å²) in [6, 6.07) is 6.73. The van der Waals surface area contributed by atoms with Crippen LogP contribution in [0.3, 0.4) is 0 Å². The number of nitrogens with zero attached hydrogens (tertiary/aromatic N) is 1. The summed E-state index contributed by atoms with van der Waals surface area (Å²) in [5, 5.41) is 0. The van der Waals surface area contributed by atoms with E-state index in [9.17, 15) is 17.6 Å². The van der Waals surface area contributed by atoms with Crippen LogP contribution in [0.15, 0.2) is 42.6 Å². The first-order valence-corrected chi connectivity index (χ1v) is 6.14. The maximum atomic E-state index is 13.6. The van der Waals surface area contributed by atoms with E-state index in [4.69, 9.17) is 5.84 Å².